The molecule has 5 aromatic rings. The van der Waals surface area contributed by atoms with Gasteiger partial charge in [0.05, 0.1) is 22.8 Å². The molecule has 1 unspecified atom stereocenters. The molecule has 0 aliphatic rings. The Hall–Kier alpha value is -4.29. The van der Waals surface area contributed by atoms with Crippen LogP contribution < -0.4 is 0 Å². The predicted molar refractivity (Wildman–Crippen MR) is 142 cm³/mol. The summed E-state index contributed by atoms with van der Waals surface area (Å²) in [6, 6.07) is 24.9. The van der Waals surface area contributed by atoms with Crippen molar-refractivity contribution in [3.05, 3.63) is 124 Å². The molecule has 0 saturated heterocycles. The van der Waals surface area contributed by atoms with Crippen molar-refractivity contribution in [2.45, 2.75) is 18.9 Å². The van der Waals surface area contributed by atoms with E-state index in [1.54, 1.807) is 18.5 Å². The molecule has 7 heteroatoms. The van der Waals surface area contributed by atoms with Crippen molar-refractivity contribution >= 4 is 40.6 Å². The fourth-order valence-electron chi connectivity index (χ4n) is 4.32. The first kappa shape index (κ1) is 23.5. The maximum atomic E-state index is 11.6. The third kappa shape index (κ3) is 5.34. The number of aromatic carboxylic acids is 1. The number of fused-ring (bicyclic) bond motifs is 1. The van der Waals surface area contributed by atoms with Gasteiger partial charge < -0.3 is 5.11 Å². The number of pyridine rings is 1. The van der Waals surface area contributed by atoms with Crippen LogP contribution in [0.4, 0.5) is 0 Å². The summed E-state index contributed by atoms with van der Waals surface area (Å²) in [6.07, 6.45) is 8.48. The first-order valence-corrected chi connectivity index (χ1v) is 11.9. The number of aromatic nitrogens is 4. The molecule has 1 N–H and O–H groups in total. The van der Waals surface area contributed by atoms with Crippen LogP contribution in [-0.2, 0) is 6.42 Å². The van der Waals surface area contributed by atoms with E-state index >= 15 is 0 Å². The normalized spacial score (nSPS) is 12.2. The molecule has 0 fully saturated rings. The Kier molecular flexibility index (Phi) is 6.87. The van der Waals surface area contributed by atoms with Crippen LogP contribution in [0.25, 0.3) is 23.1 Å². The Bertz CT molecular complexity index is 1550. The van der Waals surface area contributed by atoms with Gasteiger partial charge in [0, 0.05) is 10.4 Å². The Morgan fingerprint density at radius 2 is 1.86 bits per heavy atom. The number of halogens is 1. The lowest BCUT2D eigenvalue weighted by Gasteiger charge is -2.19. The Morgan fingerprint density at radius 1 is 1.00 bits per heavy atom. The van der Waals surface area contributed by atoms with Crippen molar-refractivity contribution in [1.29, 1.82) is 0 Å². The first-order valence-electron chi connectivity index (χ1n) is 11.6. The topological polar surface area (TPSA) is 80.9 Å². The van der Waals surface area contributed by atoms with Crippen molar-refractivity contribution in [1.82, 2.24) is 19.7 Å². The van der Waals surface area contributed by atoms with Gasteiger partial charge >= 0.3 is 5.97 Å². The van der Waals surface area contributed by atoms with E-state index in [-0.39, 0.29) is 6.04 Å². The van der Waals surface area contributed by atoms with Gasteiger partial charge in [0.1, 0.15) is 12.7 Å². The molecule has 2 aromatic heterocycles. The average molecular weight is 495 g/mol. The zero-order valence-corrected chi connectivity index (χ0v) is 20.1. The molecule has 0 amide bonds. The quantitative estimate of drug-likeness (QED) is 0.264. The van der Waals surface area contributed by atoms with Crippen molar-refractivity contribution < 1.29 is 9.90 Å². The number of carbonyl (C=O) groups is 1. The number of rotatable bonds is 8. The number of nitrogens with zero attached hydrogens (tertiary/aromatic N) is 4. The fraction of sp³-hybridized carbons (Fsp3) is 0.103. The highest BCUT2D eigenvalue weighted by molar-refractivity contribution is 6.31. The van der Waals surface area contributed by atoms with Crippen LogP contribution in [0.1, 0.15) is 45.2 Å². The smallest absolute Gasteiger partial charge is 0.335 e. The third-order valence-electron chi connectivity index (χ3n) is 6.11. The van der Waals surface area contributed by atoms with Crippen molar-refractivity contribution in [2.75, 3.05) is 0 Å². The van der Waals surface area contributed by atoms with Gasteiger partial charge in [0.2, 0.25) is 0 Å². The second-order valence-corrected chi connectivity index (χ2v) is 8.91. The van der Waals surface area contributed by atoms with Crippen LogP contribution in [0, 0.1) is 0 Å². The summed E-state index contributed by atoms with van der Waals surface area (Å²) >= 11 is 6.12. The highest BCUT2D eigenvalue weighted by atomic mass is 35.5. The average Bonchev–Trinajstić information content (AvgIpc) is 3.42. The van der Waals surface area contributed by atoms with Gasteiger partial charge in [-0.05, 0) is 65.9 Å². The van der Waals surface area contributed by atoms with E-state index in [0.717, 1.165) is 33.3 Å². The number of carboxylic acids is 1. The largest absolute Gasteiger partial charge is 0.478 e. The van der Waals surface area contributed by atoms with Crippen LogP contribution in [0.5, 0.6) is 0 Å². The monoisotopic (exact) mass is 494 g/mol. The first-order chi connectivity index (χ1) is 17.6. The van der Waals surface area contributed by atoms with Gasteiger partial charge in [-0.25, -0.2) is 19.4 Å². The molecule has 178 valence electrons. The molecule has 3 aromatic carbocycles. The van der Waals surface area contributed by atoms with E-state index in [1.807, 2.05) is 71.4 Å². The summed E-state index contributed by atoms with van der Waals surface area (Å²) in [7, 11) is 0. The lowest BCUT2D eigenvalue weighted by Crippen LogP contribution is -2.13. The molecule has 0 saturated carbocycles. The molecule has 0 spiro atoms. The zero-order chi connectivity index (χ0) is 24.9. The van der Waals surface area contributed by atoms with Crippen LogP contribution in [-0.4, -0.2) is 30.8 Å². The second-order valence-electron chi connectivity index (χ2n) is 8.47. The van der Waals surface area contributed by atoms with E-state index in [4.69, 9.17) is 16.6 Å². The molecule has 5 rings (SSSR count). The number of carboxylic acid groups (broad SMARTS) is 1. The summed E-state index contributed by atoms with van der Waals surface area (Å²) in [5, 5.41) is 15.6. The van der Waals surface area contributed by atoms with E-state index in [0.29, 0.717) is 23.4 Å². The van der Waals surface area contributed by atoms with Crippen LogP contribution in [0.15, 0.2) is 91.5 Å². The predicted octanol–water partition coefficient (Wildman–Crippen LogP) is 6.57. The van der Waals surface area contributed by atoms with Gasteiger partial charge in [-0.3, -0.25) is 0 Å². The lowest BCUT2D eigenvalue weighted by molar-refractivity contribution is 0.0695. The Morgan fingerprint density at radius 3 is 2.69 bits per heavy atom. The molecule has 0 bridgehead atoms. The van der Waals surface area contributed by atoms with Gasteiger partial charge in [-0.1, -0.05) is 66.2 Å². The summed E-state index contributed by atoms with van der Waals surface area (Å²) in [5.41, 5.74) is 4.91. The van der Waals surface area contributed by atoms with Gasteiger partial charge in [0.25, 0.3) is 0 Å². The molecule has 0 radical (unpaired) electrons. The van der Waals surface area contributed by atoms with E-state index in [9.17, 15) is 9.90 Å². The van der Waals surface area contributed by atoms with Crippen LogP contribution >= 0.6 is 11.6 Å². The molecule has 0 aliphatic heterocycles. The SMILES string of the molecule is O=C(O)c1ccccc1CCC(c1cccc(/C=C/c2ccc3ccc(Cl)cc3n2)c1)n1cncn1. The fourth-order valence-corrected chi connectivity index (χ4v) is 4.49. The Labute approximate surface area is 213 Å². The summed E-state index contributed by atoms with van der Waals surface area (Å²) < 4.78 is 1.82. The number of hydrogen-bond acceptors (Lipinski definition) is 4. The Balaban J connectivity index is 1.40. The molecule has 6 nitrogen and oxygen atoms in total. The van der Waals surface area contributed by atoms with Crippen molar-refractivity contribution in [3.63, 3.8) is 0 Å². The standard InChI is InChI=1S/C29H23ClN4O2/c30-24-12-9-22-10-14-25(33-27(22)17-24)13-8-20-4-3-6-23(16-20)28(34-19-31-18-32-34)15-11-21-5-1-2-7-26(21)29(35)36/h1-10,12-14,16-19,28H,11,15H2,(H,35,36)/b13-8+. The summed E-state index contributed by atoms with van der Waals surface area (Å²) in [5.74, 6) is -0.917. The minimum absolute atomic E-state index is 0.0939. The molecule has 36 heavy (non-hydrogen) atoms. The van der Waals surface area contributed by atoms with Gasteiger partial charge in [-0.2, -0.15) is 5.10 Å². The molecular weight excluding hydrogens is 472 g/mol. The summed E-state index contributed by atoms with van der Waals surface area (Å²) in [4.78, 5) is 20.5. The highest BCUT2D eigenvalue weighted by Gasteiger charge is 2.17. The van der Waals surface area contributed by atoms with E-state index in [2.05, 4.69) is 22.2 Å². The molecule has 2 heterocycles. The van der Waals surface area contributed by atoms with Crippen LogP contribution in [0.2, 0.25) is 5.02 Å². The number of benzene rings is 3. The van der Waals surface area contributed by atoms with Gasteiger partial charge in [0.15, 0.2) is 0 Å². The zero-order valence-electron chi connectivity index (χ0n) is 19.3. The minimum atomic E-state index is -0.917. The molecule has 1 atom stereocenters. The second kappa shape index (κ2) is 10.5. The number of aryl methyl sites for hydroxylation is 1. The van der Waals surface area contributed by atoms with Crippen LogP contribution in [0.3, 0.4) is 0 Å². The van der Waals surface area contributed by atoms with E-state index < -0.39 is 5.97 Å². The number of hydrogen-bond donors (Lipinski definition) is 1. The maximum Gasteiger partial charge on any atom is 0.335 e. The van der Waals surface area contributed by atoms with Crippen molar-refractivity contribution in [2.24, 2.45) is 0 Å². The summed E-state index contributed by atoms with van der Waals surface area (Å²) in [6.45, 7) is 0. The maximum absolute atomic E-state index is 11.6. The third-order valence-corrected chi connectivity index (χ3v) is 6.34. The lowest BCUT2D eigenvalue weighted by atomic mass is 9.95. The van der Waals surface area contributed by atoms with Crippen molar-refractivity contribution in [3.8, 4) is 0 Å². The molecule has 0 aliphatic carbocycles. The van der Waals surface area contributed by atoms with E-state index in [1.165, 1.54) is 6.33 Å². The van der Waals surface area contributed by atoms with Gasteiger partial charge in [-0.15, -0.1) is 0 Å². The minimum Gasteiger partial charge on any atom is -0.478 e. The molecular formula is C29H23ClN4O2. The highest BCUT2D eigenvalue weighted by Crippen LogP contribution is 2.26.